The third-order valence-corrected chi connectivity index (χ3v) is 4.16. The van der Waals surface area contributed by atoms with E-state index in [1.54, 1.807) is 0 Å². The van der Waals surface area contributed by atoms with Crippen LogP contribution in [0.4, 0.5) is 0 Å². The molecule has 0 aliphatic heterocycles. The van der Waals surface area contributed by atoms with Gasteiger partial charge in [0.15, 0.2) is 0 Å². The number of benzene rings is 2. The predicted octanol–water partition coefficient (Wildman–Crippen LogP) is 3.22. The van der Waals surface area contributed by atoms with E-state index in [2.05, 4.69) is 35.3 Å². The smallest absolute Gasteiger partial charge is 0.0690 e. The number of aliphatic hydroxyl groups is 1. The van der Waals surface area contributed by atoms with E-state index in [-0.39, 0.29) is 12.0 Å². The Bertz CT molecular complexity index is 744. The Labute approximate surface area is 111 Å². The van der Waals surface area contributed by atoms with Crippen molar-refractivity contribution >= 4 is 10.9 Å². The fourth-order valence-corrected chi connectivity index (χ4v) is 3.30. The Morgan fingerprint density at radius 3 is 2.68 bits per heavy atom. The first-order valence-corrected chi connectivity index (χ1v) is 6.66. The summed E-state index contributed by atoms with van der Waals surface area (Å²) in [4.78, 5) is 3.31. The maximum absolute atomic E-state index is 10.4. The predicted molar refractivity (Wildman–Crippen MR) is 76.3 cm³/mol. The van der Waals surface area contributed by atoms with Crippen LogP contribution in [0.2, 0.25) is 0 Å². The van der Waals surface area contributed by atoms with Crippen molar-refractivity contribution in [2.24, 2.45) is 0 Å². The minimum Gasteiger partial charge on any atom is -0.392 e. The first-order valence-electron chi connectivity index (χ1n) is 6.66. The standard InChI is InChI=1S/C17H15NO/c19-16-9-11-5-1-2-6-12(11)17(16)14-10-18-15-8-4-3-7-13(14)15/h1-8,10,16-19H,9H2. The molecule has 2 nitrogen and oxygen atoms in total. The van der Waals surface area contributed by atoms with Crippen molar-refractivity contribution in [3.8, 4) is 0 Å². The van der Waals surface area contributed by atoms with Crippen molar-refractivity contribution in [2.75, 3.05) is 0 Å². The van der Waals surface area contributed by atoms with Gasteiger partial charge in [0.05, 0.1) is 6.10 Å². The lowest BCUT2D eigenvalue weighted by atomic mass is 9.91. The molecule has 2 atom stereocenters. The molecule has 0 bridgehead atoms. The van der Waals surface area contributed by atoms with Crippen LogP contribution in [0.5, 0.6) is 0 Å². The van der Waals surface area contributed by atoms with Gasteiger partial charge in [-0.25, -0.2) is 0 Å². The third-order valence-electron chi connectivity index (χ3n) is 4.16. The molecule has 1 heterocycles. The topological polar surface area (TPSA) is 36.0 Å². The highest BCUT2D eigenvalue weighted by molar-refractivity contribution is 5.84. The third kappa shape index (κ3) is 1.53. The van der Waals surface area contributed by atoms with Crippen molar-refractivity contribution in [1.29, 1.82) is 0 Å². The number of fused-ring (bicyclic) bond motifs is 2. The van der Waals surface area contributed by atoms with Gasteiger partial charge in [-0.05, 0) is 29.2 Å². The first-order chi connectivity index (χ1) is 9.34. The molecule has 3 aromatic rings. The number of hydrogen-bond donors (Lipinski definition) is 2. The second-order valence-electron chi connectivity index (χ2n) is 5.24. The van der Waals surface area contributed by atoms with Crippen LogP contribution in [-0.2, 0) is 6.42 Å². The summed E-state index contributed by atoms with van der Waals surface area (Å²) in [5, 5.41) is 11.6. The molecule has 2 heteroatoms. The molecule has 2 N–H and O–H groups in total. The Morgan fingerprint density at radius 1 is 0.947 bits per heavy atom. The average molecular weight is 249 g/mol. The number of rotatable bonds is 1. The molecular weight excluding hydrogens is 234 g/mol. The Kier molecular flexibility index (Phi) is 2.26. The molecule has 0 fully saturated rings. The first kappa shape index (κ1) is 10.8. The van der Waals surface area contributed by atoms with Gasteiger partial charge in [-0.3, -0.25) is 0 Å². The highest BCUT2D eigenvalue weighted by Crippen LogP contribution is 2.40. The molecule has 2 aromatic carbocycles. The maximum atomic E-state index is 10.4. The molecular formula is C17H15NO. The van der Waals surface area contributed by atoms with Crippen molar-refractivity contribution in [3.63, 3.8) is 0 Å². The highest BCUT2D eigenvalue weighted by atomic mass is 16.3. The summed E-state index contributed by atoms with van der Waals surface area (Å²) in [6, 6.07) is 16.6. The van der Waals surface area contributed by atoms with Crippen LogP contribution in [0.15, 0.2) is 54.7 Å². The van der Waals surface area contributed by atoms with Crippen LogP contribution in [0.3, 0.4) is 0 Å². The van der Waals surface area contributed by atoms with Crippen molar-refractivity contribution < 1.29 is 5.11 Å². The monoisotopic (exact) mass is 249 g/mol. The second kappa shape index (κ2) is 3.97. The summed E-state index contributed by atoms with van der Waals surface area (Å²) in [6.07, 6.45) is 2.47. The van der Waals surface area contributed by atoms with Crippen molar-refractivity contribution in [1.82, 2.24) is 4.98 Å². The fourth-order valence-electron chi connectivity index (χ4n) is 3.30. The van der Waals surface area contributed by atoms with E-state index in [0.29, 0.717) is 0 Å². The highest BCUT2D eigenvalue weighted by Gasteiger charge is 2.33. The quantitative estimate of drug-likeness (QED) is 0.682. The van der Waals surface area contributed by atoms with Gasteiger partial charge in [-0.15, -0.1) is 0 Å². The maximum Gasteiger partial charge on any atom is 0.0690 e. The summed E-state index contributed by atoms with van der Waals surface area (Å²) in [5.74, 6) is 0.0901. The lowest BCUT2D eigenvalue weighted by molar-refractivity contribution is 0.170. The number of hydrogen-bond acceptors (Lipinski definition) is 1. The van der Waals surface area contributed by atoms with E-state index in [9.17, 15) is 5.11 Å². The van der Waals surface area contributed by atoms with E-state index in [1.165, 1.54) is 22.1 Å². The summed E-state index contributed by atoms with van der Waals surface area (Å²) in [7, 11) is 0. The van der Waals surface area contributed by atoms with Crippen LogP contribution >= 0.6 is 0 Å². The van der Waals surface area contributed by atoms with E-state index in [0.717, 1.165) is 11.9 Å². The zero-order chi connectivity index (χ0) is 12.8. The Hall–Kier alpha value is -2.06. The van der Waals surface area contributed by atoms with Crippen molar-refractivity contribution in [2.45, 2.75) is 18.4 Å². The van der Waals surface area contributed by atoms with Crippen molar-refractivity contribution in [3.05, 3.63) is 71.4 Å². The molecule has 1 aliphatic carbocycles. The minimum atomic E-state index is -0.323. The molecule has 0 saturated carbocycles. The van der Waals surface area contributed by atoms with Gasteiger partial charge in [0, 0.05) is 23.0 Å². The summed E-state index contributed by atoms with van der Waals surface area (Å²) >= 11 is 0. The number of H-pyrrole nitrogens is 1. The van der Waals surface area contributed by atoms with Gasteiger partial charge in [0.25, 0.3) is 0 Å². The number of aromatic nitrogens is 1. The summed E-state index contributed by atoms with van der Waals surface area (Å²) < 4.78 is 0. The van der Waals surface area contributed by atoms with Gasteiger partial charge in [0.2, 0.25) is 0 Å². The molecule has 0 radical (unpaired) electrons. The van der Waals surface area contributed by atoms with Gasteiger partial charge in [-0.1, -0.05) is 42.5 Å². The average Bonchev–Trinajstić information content (AvgIpc) is 2.98. The number of para-hydroxylation sites is 1. The van der Waals surface area contributed by atoms with E-state index in [1.807, 2.05) is 24.4 Å². The minimum absolute atomic E-state index is 0.0901. The second-order valence-corrected chi connectivity index (χ2v) is 5.24. The van der Waals surface area contributed by atoms with Crippen LogP contribution < -0.4 is 0 Å². The van der Waals surface area contributed by atoms with E-state index < -0.39 is 0 Å². The number of aliphatic hydroxyl groups excluding tert-OH is 1. The molecule has 19 heavy (non-hydrogen) atoms. The zero-order valence-electron chi connectivity index (χ0n) is 10.5. The fraction of sp³-hybridized carbons (Fsp3) is 0.176. The number of nitrogens with one attached hydrogen (secondary N) is 1. The van der Waals surface area contributed by atoms with E-state index in [4.69, 9.17) is 0 Å². The SMILES string of the molecule is OC1Cc2ccccc2C1c1c[nH]c2ccccc12. The molecule has 0 saturated heterocycles. The van der Waals surface area contributed by atoms with E-state index >= 15 is 0 Å². The molecule has 0 amide bonds. The number of aromatic amines is 1. The van der Waals surface area contributed by atoms with Crippen LogP contribution in [0, 0.1) is 0 Å². The van der Waals surface area contributed by atoms with Crippen LogP contribution in [0.1, 0.15) is 22.6 Å². The summed E-state index contributed by atoms with van der Waals surface area (Å²) in [5.41, 5.74) is 4.87. The lowest BCUT2D eigenvalue weighted by Gasteiger charge is -2.15. The zero-order valence-corrected chi connectivity index (χ0v) is 10.5. The molecule has 1 aliphatic rings. The Morgan fingerprint density at radius 2 is 1.74 bits per heavy atom. The Balaban J connectivity index is 1.93. The van der Waals surface area contributed by atoms with Crippen LogP contribution in [0.25, 0.3) is 10.9 Å². The van der Waals surface area contributed by atoms with Gasteiger partial charge < -0.3 is 10.1 Å². The molecule has 0 spiro atoms. The molecule has 2 unspecified atom stereocenters. The summed E-state index contributed by atoms with van der Waals surface area (Å²) in [6.45, 7) is 0. The van der Waals surface area contributed by atoms with Crippen LogP contribution in [-0.4, -0.2) is 16.2 Å². The lowest BCUT2D eigenvalue weighted by Crippen LogP contribution is -2.14. The van der Waals surface area contributed by atoms with Gasteiger partial charge in [-0.2, -0.15) is 0 Å². The normalized spacial score (nSPS) is 21.7. The molecule has 94 valence electrons. The van der Waals surface area contributed by atoms with Gasteiger partial charge >= 0.3 is 0 Å². The van der Waals surface area contributed by atoms with Gasteiger partial charge in [0.1, 0.15) is 0 Å². The molecule has 1 aromatic heterocycles. The molecule has 4 rings (SSSR count). The largest absolute Gasteiger partial charge is 0.392 e.